The van der Waals surface area contributed by atoms with Crippen molar-refractivity contribution in [2.75, 3.05) is 13.7 Å². The Labute approximate surface area is 156 Å². The zero-order valence-corrected chi connectivity index (χ0v) is 15.2. The molecule has 1 aliphatic carbocycles. The maximum atomic E-state index is 12.6. The predicted octanol–water partition coefficient (Wildman–Crippen LogP) is 1.76. The average Bonchev–Trinajstić information content (AvgIpc) is 3.11. The number of fused-ring (bicyclic) bond motifs is 3. The molecule has 0 unspecified atom stereocenters. The number of carboxylic acid groups (broad SMARTS) is 1. The van der Waals surface area contributed by atoms with Crippen LogP contribution in [0.5, 0.6) is 5.75 Å². The Balaban J connectivity index is 1.80. The Hall–Kier alpha value is -2.87. The lowest BCUT2D eigenvalue weighted by atomic mass is 9.89. The maximum absolute atomic E-state index is 12.6. The molecule has 8 nitrogen and oxygen atoms in total. The van der Waals surface area contributed by atoms with Gasteiger partial charge in [-0.15, -0.1) is 0 Å². The van der Waals surface area contributed by atoms with Crippen LogP contribution in [0.3, 0.4) is 0 Å². The third kappa shape index (κ3) is 3.95. The number of ether oxygens (including phenoxy) is 1. The van der Waals surface area contributed by atoms with Crippen molar-refractivity contribution in [3.05, 3.63) is 35.0 Å². The average molecular weight is 373 g/mol. The van der Waals surface area contributed by atoms with Crippen LogP contribution < -0.4 is 15.8 Å². The number of hydrogen-bond acceptors (Lipinski definition) is 6. The monoisotopic (exact) mass is 373 g/mol. The van der Waals surface area contributed by atoms with E-state index in [1.807, 2.05) is 18.2 Å². The van der Waals surface area contributed by atoms with E-state index in [0.29, 0.717) is 43.6 Å². The summed E-state index contributed by atoms with van der Waals surface area (Å²) in [5.74, 6) is -0.289. The van der Waals surface area contributed by atoms with Gasteiger partial charge in [0.2, 0.25) is 0 Å². The summed E-state index contributed by atoms with van der Waals surface area (Å²) in [5, 5.41) is 15.8. The zero-order chi connectivity index (χ0) is 19.4. The van der Waals surface area contributed by atoms with Gasteiger partial charge in [0.15, 0.2) is 11.5 Å². The molecule has 8 heteroatoms. The Morgan fingerprint density at radius 1 is 1.37 bits per heavy atom. The summed E-state index contributed by atoms with van der Waals surface area (Å²) in [6, 6.07) is 4.68. The smallest absolute Gasteiger partial charge is 0.326 e. The summed E-state index contributed by atoms with van der Waals surface area (Å²) in [7, 11) is 1.61. The molecule has 27 heavy (non-hydrogen) atoms. The number of aromatic nitrogens is 1. The number of benzene rings is 1. The van der Waals surface area contributed by atoms with Crippen LogP contribution in [0, 0.1) is 0 Å². The first-order chi connectivity index (χ1) is 13.0. The van der Waals surface area contributed by atoms with E-state index in [1.165, 1.54) is 0 Å². The summed E-state index contributed by atoms with van der Waals surface area (Å²) >= 11 is 0. The highest BCUT2D eigenvalue weighted by atomic mass is 16.5. The molecule has 0 saturated heterocycles. The van der Waals surface area contributed by atoms with E-state index in [-0.39, 0.29) is 5.69 Å². The molecule has 0 fully saturated rings. The molecule has 0 saturated carbocycles. The normalized spacial score (nSPS) is 13.4. The minimum absolute atomic E-state index is 0.150. The number of unbranched alkanes of at least 4 members (excludes halogenated alkanes) is 1. The second-order valence-corrected chi connectivity index (χ2v) is 6.51. The molecule has 1 heterocycles. The van der Waals surface area contributed by atoms with Crippen molar-refractivity contribution in [1.82, 2.24) is 10.5 Å². The number of carbonyl (C=O) groups excluding carboxylic acids is 1. The summed E-state index contributed by atoms with van der Waals surface area (Å²) in [6.45, 7) is 0.487. The van der Waals surface area contributed by atoms with Crippen molar-refractivity contribution in [3.8, 4) is 17.1 Å². The fourth-order valence-electron chi connectivity index (χ4n) is 3.29. The Kier molecular flexibility index (Phi) is 5.75. The first-order valence-electron chi connectivity index (χ1n) is 8.94. The molecule has 1 aliphatic rings. The molecule has 0 spiro atoms. The van der Waals surface area contributed by atoms with Crippen LogP contribution in [0.1, 0.15) is 40.9 Å². The van der Waals surface area contributed by atoms with Gasteiger partial charge in [-0.3, -0.25) is 4.79 Å². The van der Waals surface area contributed by atoms with E-state index in [9.17, 15) is 14.7 Å². The molecular formula is C19H23N3O5. The van der Waals surface area contributed by atoms with Crippen LogP contribution in [0.15, 0.2) is 22.7 Å². The summed E-state index contributed by atoms with van der Waals surface area (Å²) in [4.78, 5) is 24.0. The van der Waals surface area contributed by atoms with Gasteiger partial charge in [0.25, 0.3) is 5.91 Å². The number of rotatable bonds is 8. The first-order valence-corrected chi connectivity index (χ1v) is 8.94. The van der Waals surface area contributed by atoms with Crippen LogP contribution in [0.4, 0.5) is 0 Å². The Morgan fingerprint density at radius 3 is 2.89 bits per heavy atom. The van der Waals surface area contributed by atoms with Crippen molar-refractivity contribution in [3.63, 3.8) is 0 Å². The van der Waals surface area contributed by atoms with Gasteiger partial charge in [-0.25, -0.2) is 4.79 Å². The summed E-state index contributed by atoms with van der Waals surface area (Å²) < 4.78 is 10.7. The molecule has 3 rings (SSSR count). The molecule has 1 atom stereocenters. The van der Waals surface area contributed by atoms with E-state index in [2.05, 4.69) is 10.5 Å². The molecule has 144 valence electrons. The van der Waals surface area contributed by atoms with Crippen LogP contribution >= 0.6 is 0 Å². The van der Waals surface area contributed by atoms with Crippen LogP contribution in [0.2, 0.25) is 0 Å². The van der Waals surface area contributed by atoms with Gasteiger partial charge in [-0.1, -0.05) is 5.16 Å². The van der Waals surface area contributed by atoms with Crippen LogP contribution in [0.25, 0.3) is 11.3 Å². The number of nitrogens with zero attached hydrogens (tertiary/aromatic N) is 1. The third-order valence-electron chi connectivity index (χ3n) is 4.75. The largest absolute Gasteiger partial charge is 0.497 e. The number of carboxylic acids is 1. The van der Waals surface area contributed by atoms with Crippen LogP contribution in [-0.2, 0) is 17.6 Å². The number of amides is 1. The molecule has 0 radical (unpaired) electrons. The van der Waals surface area contributed by atoms with Crippen molar-refractivity contribution >= 4 is 11.9 Å². The van der Waals surface area contributed by atoms with E-state index in [0.717, 1.165) is 23.3 Å². The lowest BCUT2D eigenvalue weighted by molar-refractivity contribution is -0.139. The molecule has 1 aromatic heterocycles. The maximum Gasteiger partial charge on any atom is 0.326 e. The molecule has 0 bridgehead atoms. The number of hydrogen-bond donors (Lipinski definition) is 3. The van der Waals surface area contributed by atoms with Crippen molar-refractivity contribution in [2.45, 2.75) is 38.1 Å². The van der Waals surface area contributed by atoms with Gasteiger partial charge < -0.3 is 25.4 Å². The van der Waals surface area contributed by atoms with E-state index in [1.54, 1.807) is 7.11 Å². The zero-order valence-electron chi connectivity index (χ0n) is 15.2. The van der Waals surface area contributed by atoms with Gasteiger partial charge in [0, 0.05) is 11.1 Å². The van der Waals surface area contributed by atoms with Gasteiger partial charge in [0.1, 0.15) is 11.8 Å². The third-order valence-corrected chi connectivity index (χ3v) is 4.75. The standard InChI is InChI=1S/C19H23N3O5/c1-26-12-6-8-13-11(10-12)5-7-14-16(22-27-17(13)14)18(23)21-15(19(24)25)4-2-3-9-20/h6,8,10,15H,2-5,7,9,20H2,1H3,(H,21,23)(H,24,25)/t15-/m1/s1. The molecular weight excluding hydrogens is 350 g/mol. The molecule has 1 aromatic carbocycles. The highest BCUT2D eigenvalue weighted by Crippen LogP contribution is 2.37. The minimum atomic E-state index is -1.07. The number of aryl methyl sites for hydroxylation is 1. The molecule has 0 aliphatic heterocycles. The fraction of sp³-hybridized carbons (Fsp3) is 0.421. The van der Waals surface area contributed by atoms with Gasteiger partial charge in [-0.05, 0) is 62.4 Å². The first kappa shape index (κ1) is 18.9. The highest BCUT2D eigenvalue weighted by molar-refractivity contribution is 5.97. The van der Waals surface area contributed by atoms with E-state index < -0.39 is 17.9 Å². The number of aliphatic carboxylic acids is 1. The lowest BCUT2D eigenvalue weighted by Gasteiger charge is -2.17. The molecule has 1 amide bonds. The number of nitrogens with two attached hydrogens (primary N) is 1. The fourth-order valence-corrected chi connectivity index (χ4v) is 3.29. The lowest BCUT2D eigenvalue weighted by Crippen LogP contribution is -2.41. The SMILES string of the molecule is COc1ccc2c(c1)CCc1c(C(=O)N[C@H](CCCCN)C(=O)O)noc1-2. The highest BCUT2D eigenvalue weighted by Gasteiger charge is 2.30. The quantitative estimate of drug-likeness (QED) is 0.602. The molecule has 2 aromatic rings. The summed E-state index contributed by atoms with van der Waals surface area (Å²) in [5.41, 5.74) is 8.23. The Bertz CT molecular complexity index is 846. The van der Waals surface area contributed by atoms with Crippen molar-refractivity contribution in [1.29, 1.82) is 0 Å². The number of nitrogens with one attached hydrogen (secondary N) is 1. The molecule has 4 N–H and O–H groups in total. The number of methoxy groups -OCH3 is 1. The predicted molar refractivity (Wildman–Crippen MR) is 97.7 cm³/mol. The van der Waals surface area contributed by atoms with Gasteiger partial charge in [-0.2, -0.15) is 0 Å². The van der Waals surface area contributed by atoms with Crippen molar-refractivity contribution < 1.29 is 24.0 Å². The Morgan fingerprint density at radius 2 is 2.19 bits per heavy atom. The second kappa shape index (κ2) is 8.22. The summed E-state index contributed by atoms with van der Waals surface area (Å²) in [6.07, 6.45) is 2.96. The van der Waals surface area contributed by atoms with E-state index in [4.69, 9.17) is 15.0 Å². The topological polar surface area (TPSA) is 128 Å². The second-order valence-electron chi connectivity index (χ2n) is 6.51. The number of carbonyl (C=O) groups is 2. The van der Waals surface area contributed by atoms with Gasteiger partial charge in [0.05, 0.1) is 7.11 Å². The van der Waals surface area contributed by atoms with Crippen molar-refractivity contribution in [2.24, 2.45) is 5.73 Å². The minimum Gasteiger partial charge on any atom is -0.497 e. The van der Waals surface area contributed by atoms with Gasteiger partial charge >= 0.3 is 5.97 Å². The van der Waals surface area contributed by atoms with Crippen LogP contribution in [-0.4, -0.2) is 41.8 Å². The van der Waals surface area contributed by atoms with E-state index >= 15 is 0 Å².